The van der Waals surface area contributed by atoms with E-state index in [-0.39, 0.29) is 18.0 Å². The molecular weight excluding hydrogens is 362 g/mol. The van der Waals surface area contributed by atoms with Crippen molar-refractivity contribution in [3.63, 3.8) is 0 Å². The minimum atomic E-state index is -0.0614. The first-order chi connectivity index (χ1) is 14.1. The zero-order valence-electron chi connectivity index (χ0n) is 17.1. The number of amides is 3. The van der Waals surface area contributed by atoms with Gasteiger partial charge in [-0.2, -0.15) is 0 Å². The van der Waals surface area contributed by atoms with Crippen molar-refractivity contribution in [2.24, 2.45) is 5.92 Å². The highest BCUT2D eigenvalue weighted by atomic mass is 16.2. The van der Waals surface area contributed by atoms with E-state index in [1.165, 1.54) is 5.56 Å². The molecule has 154 valence electrons. The van der Waals surface area contributed by atoms with Gasteiger partial charge in [-0.05, 0) is 56.2 Å². The maximum atomic E-state index is 12.4. The molecule has 1 saturated heterocycles. The maximum absolute atomic E-state index is 12.4. The molecule has 0 aliphatic carbocycles. The number of para-hydroxylation sites is 1. The van der Waals surface area contributed by atoms with Crippen LogP contribution in [0.25, 0.3) is 0 Å². The van der Waals surface area contributed by atoms with E-state index in [0.717, 1.165) is 31.4 Å². The predicted octanol–water partition coefficient (Wildman–Crippen LogP) is 4.46. The van der Waals surface area contributed by atoms with E-state index < -0.39 is 0 Å². The van der Waals surface area contributed by atoms with Crippen LogP contribution in [-0.2, 0) is 11.2 Å². The normalized spacial score (nSPS) is 15.6. The van der Waals surface area contributed by atoms with Crippen LogP contribution in [0.5, 0.6) is 0 Å². The first-order valence-electron chi connectivity index (χ1n) is 10.5. The van der Waals surface area contributed by atoms with Crippen LogP contribution in [0.15, 0.2) is 60.7 Å². The molecule has 2 N–H and O–H groups in total. The monoisotopic (exact) mass is 393 g/mol. The molecular formula is C24H31N3O2. The molecule has 2 aromatic carbocycles. The molecule has 0 unspecified atom stereocenters. The summed E-state index contributed by atoms with van der Waals surface area (Å²) in [6, 6.07) is 20.0. The van der Waals surface area contributed by atoms with Crippen molar-refractivity contribution >= 4 is 17.6 Å². The number of hydrogen-bond donors (Lipinski definition) is 2. The third-order valence-corrected chi connectivity index (χ3v) is 5.52. The number of urea groups is 1. The number of rotatable bonds is 7. The van der Waals surface area contributed by atoms with Gasteiger partial charge in [0.25, 0.3) is 0 Å². The Morgan fingerprint density at radius 2 is 1.62 bits per heavy atom. The minimum Gasteiger partial charge on any atom is -0.354 e. The smallest absolute Gasteiger partial charge is 0.321 e. The third-order valence-electron chi connectivity index (χ3n) is 5.52. The fraction of sp³-hybridized carbons (Fsp3) is 0.417. The van der Waals surface area contributed by atoms with Crippen LogP contribution in [0.2, 0.25) is 0 Å². The number of nitrogens with zero attached hydrogens (tertiary/aromatic N) is 1. The Morgan fingerprint density at radius 3 is 2.28 bits per heavy atom. The number of carbonyl (C=O) groups excluding carboxylic acids is 2. The summed E-state index contributed by atoms with van der Waals surface area (Å²) in [6.07, 6.45) is 4.19. The molecule has 0 aromatic heterocycles. The number of anilines is 1. The van der Waals surface area contributed by atoms with E-state index in [9.17, 15) is 9.59 Å². The average Bonchev–Trinajstić information content (AvgIpc) is 2.74. The van der Waals surface area contributed by atoms with E-state index in [2.05, 4.69) is 29.7 Å². The minimum absolute atomic E-state index is 0.0614. The number of carbonyl (C=O) groups is 2. The van der Waals surface area contributed by atoms with E-state index in [4.69, 9.17) is 0 Å². The maximum Gasteiger partial charge on any atom is 0.321 e. The van der Waals surface area contributed by atoms with Crippen molar-refractivity contribution in [2.45, 2.75) is 45.1 Å². The Bertz CT molecular complexity index is 771. The number of hydrogen-bond acceptors (Lipinski definition) is 2. The van der Waals surface area contributed by atoms with Gasteiger partial charge in [0.15, 0.2) is 0 Å². The summed E-state index contributed by atoms with van der Waals surface area (Å²) >= 11 is 0. The van der Waals surface area contributed by atoms with Crippen LogP contribution in [0.3, 0.4) is 0 Å². The van der Waals surface area contributed by atoms with Gasteiger partial charge in [-0.25, -0.2) is 4.79 Å². The van der Waals surface area contributed by atoms with Crippen molar-refractivity contribution in [3.8, 4) is 0 Å². The Kier molecular flexibility index (Phi) is 7.68. The molecule has 1 fully saturated rings. The van der Waals surface area contributed by atoms with Crippen molar-refractivity contribution in [3.05, 3.63) is 66.2 Å². The van der Waals surface area contributed by atoms with E-state index in [1.54, 1.807) is 0 Å². The summed E-state index contributed by atoms with van der Waals surface area (Å²) < 4.78 is 0. The van der Waals surface area contributed by atoms with Crippen molar-refractivity contribution in [1.82, 2.24) is 10.2 Å². The largest absolute Gasteiger partial charge is 0.354 e. The Hall–Kier alpha value is -2.82. The SMILES string of the molecule is C[C@H](CCc1ccccc1)NC(=O)CC1CCN(C(=O)Nc2ccccc2)CC1. The number of likely N-dealkylation sites (tertiary alicyclic amines) is 1. The lowest BCUT2D eigenvalue weighted by Crippen LogP contribution is -2.42. The molecule has 0 spiro atoms. The lowest BCUT2D eigenvalue weighted by atomic mass is 9.93. The lowest BCUT2D eigenvalue weighted by molar-refractivity contribution is -0.122. The number of benzene rings is 2. The quantitative estimate of drug-likeness (QED) is 0.730. The first-order valence-corrected chi connectivity index (χ1v) is 10.5. The van der Waals surface area contributed by atoms with Gasteiger partial charge in [-0.1, -0.05) is 48.5 Å². The summed E-state index contributed by atoms with van der Waals surface area (Å²) in [5, 5.41) is 6.06. The van der Waals surface area contributed by atoms with Gasteiger partial charge in [0, 0.05) is 31.2 Å². The molecule has 3 amide bonds. The fourth-order valence-electron chi connectivity index (χ4n) is 3.76. The second-order valence-corrected chi connectivity index (χ2v) is 7.92. The Balaban J connectivity index is 1.34. The zero-order chi connectivity index (χ0) is 20.5. The second kappa shape index (κ2) is 10.6. The summed E-state index contributed by atoms with van der Waals surface area (Å²) in [5.74, 6) is 0.467. The molecule has 0 bridgehead atoms. The van der Waals surface area contributed by atoms with Crippen LogP contribution < -0.4 is 10.6 Å². The van der Waals surface area contributed by atoms with Crippen molar-refractivity contribution in [2.75, 3.05) is 18.4 Å². The second-order valence-electron chi connectivity index (χ2n) is 7.92. The van der Waals surface area contributed by atoms with Crippen molar-refractivity contribution in [1.29, 1.82) is 0 Å². The van der Waals surface area contributed by atoms with E-state index in [1.807, 2.05) is 53.4 Å². The summed E-state index contributed by atoms with van der Waals surface area (Å²) in [6.45, 7) is 3.46. The predicted molar refractivity (Wildman–Crippen MR) is 117 cm³/mol. The van der Waals surface area contributed by atoms with Gasteiger partial charge in [0.1, 0.15) is 0 Å². The molecule has 1 heterocycles. The third kappa shape index (κ3) is 6.93. The fourth-order valence-corrected chi connectivity index (χ4v) is 3.76. The molecule has 29 heavy (non-hydrogen) atoms. The molecule has 3 rings (SSSR count). The summed E-state index contributed by atoms with van der Waals surface area (Å²) in [5.41, 5.74) is 2.11. The zero-order valence-corrected chi connectivity index (χ0v) is 17.1. The molecule has 0 saturated carbocycles. The van der Waals surface area contributed by atoms with Gasteiger partial charge in [0.05, 0.1) is 0 Å². The lowest BCUT2D eigenvalue weighted by Gasteiger charge is -2.32. The molecule has 1 aliphatic heterocycles. The molecule has 2 aromatic rings. The molecule has 1 aliphatic rings. The van der Waals surface area contributed by atoms with Gasteiger partial charge in [-0.3, -0.25) is 4.79 Å². The molecule has 0 radical (unpaired) electrons. The van der Waals surface area contributed by atoms with Crippen LogP contribution in [-0.4, -0.2) is 36.0 Å². The van der Waals surface area contributed by atoms with E-state index >= 15 is 0 Å². The van der Waals surface area contributed by atoms with Gasteiger partial charge >= 0.3 is 6.03 Å². The Labute approximate surface area is 173 Å². The number of piperidine rings is 1. The van der Waals surface area contributed by atoms with Gasteiger partial charge < -0.3 is 15.5 Å². The van der Waals surface area contributed by atoms with Gasteiger partial charge in [-0.15, -0.1) is 0 Å². The first kappa shape index (κ1) is 20.9. The molecule has 5 heteroatoms. The molecule has 5 nitrogen and oxygen atoms in total. The van der Waals surface area contributed by atoms with Gasteiger partial charge in [0.2, 0.25) is 5.91 Å². The van der Waals surface area contributed by atoms with Crippen LogP contribution in [0.1, 0.15) is 38.2 Å². The Morgan fingerprint density at radius 1 is 1.00 bits per heavy atom. The van der Waals surface area contributed by atoms with Crippen molar-refractivity contribution < 1.29 is 9.59 Å². The summed E-state index contributed by atoms with van der Waals surface area (Å²) in [7, 11) is 0. The molecule has 1 atom stereocenters. The topological polar surface area (TPSA) is 61.4 Å². The highest BCUT2D eigenvalue weighted by Crippen LogP contribution is 2.21. The standard InChI is InChI=1S/C24H31N3O2/c1-19(12-13-20-8-4-2-5-9-20)25-23(28)18-21-14-16-27(17-15-21)24(29)26-22-10-6-3-7-11-22/h2-11,19,21H,12-18H2,1H3,(H,25,28)(H,26,29)/t19-/m1/s1. The highest BCUT2D eigenvalue weighted by Gasteiger charge is 2.24. The van der Waals surface area contributed by atoms with Crippen LogP contribution in [0.4, 0.5) is 10.5 Å². The summed E-state index contributed by atoms with van der Waals surface area (Å²) in [4.78, 5) is 26.6. The van der Waals surface area contributed by atoms with E-state index in [0.29, 0.717) is 25.4 Å². The average molecular weight is 394 g/mol. The van der Waals surface area contributed by atoms with Crippen LogP contribution in [0, 0.1) is 5.92 Å². The van der Waals surface area contributed by atoms with Crippen LogP contribution >= 0.6 is 0 Å². The number of nitrogens with one attached hydrogen (secondary N) is 2. The number of aryl methyl sites for hydroxylation is 1. The highest BCUT2D eigenvalue weighted by molar-refractivity contribution is 5.89.